The summed E-state index contributed by atoms with van der Waals surface area (Å²) < 4.78 is 4.98. The highest BCUT2D eigenvalue weighted by molar-refractivity contribution is 5.96. The van der Waals surface area contributed by atoms with Gasteiger partial charge in [0.05, 0.1) is 10.5 Å². The summed E-state index contributed by atoms with van der Waals surface area (Å²) in [5.41, 5.74) is 2.30. The van der Waals surface area contributed by atoms with Gasteiger partial charge in [-0.15, -0.1) is 0 Å². The molecule has 0 aliphatic rings. The van der Waals surface area contributed by atoms with Crippen molar-refractivity contribution in [1.29, 1.82) is 0 Å². The molecule has 0 fully saturated rings. The van der Waals surface area contributed by atoms with Crippen LogP contribution < -0.4 is 5.32 Å². The van der Waals surface area contributed by atoms with E-state index in [0.29, 0.717) is 5.56 Å². The number of hydrogen-bond donors (Lipinski definition) is 1. The maximum atomic E-state index is 12.0. The minimum absolute atomic E-state index is 0.139. The fraction of sp³-hybridized carbons (Fsp3) is 0.176. The topological polar surface area (TPSA) is 98.5 Å². The Morgan fingerprint density at radius 2 is 1.92 bits per heavy atom. The average Bonchev–Trinajstić information content (AvgIpc) is 2.53. The summed E-state index contributed by atoms with van der Waals surface area (Å²) in [6.07, 6.45) is 0. The van der Waals surface area contributed by atoms with Gasteiger partial charge in [-0.25, -0.2) is 4.79 Å². The van der Waals surface area contributed by atoms with E-state index in [0.717, 1.165) is 11.1 Å². The largest absolute Gasteiger partial charge is 0.452 e. The molecule has 0 bridgehead atoms. The lowest BCUT2D eigenvalue weighted by Crippen LogP contribution is -2.21. The summed E-state index contributed by atoms with van der Waals surface area (Å²) in [5.74, 6) is -1.17. The smallest absolute Gasteiger partial charge is 0.338 e. The van der Waals surface area contributed by atoms with Crippen molar-refractivity contribution in [2.24, 2.45) is 0 Å². The van der Waals surface area contributed by atoms with Crippen molar-refractivity contribution in [3.05, 3.63) is 69.3 Å². The molecule has 0 atom stereocenters. The molecule has 0 unspecified atom stereocenters. The molecule has 2 rings (SSSR count). The molecule has 0 aliphatic carbocycles. The molecule has 0 saturated heterocycles. The van der Waals surface area contributed by atoms with E-state index in [-0.39, 0.29) is 11.4 Å². The van der Waals surface area contributed by atoms with Crippen LogP contribution in [0.5, 0.6) is 0 Å². The van der Waals surface area contributed by atoms with E-state index in [4.69, 9.17) is 4.74 Å². The van der Waals surface area contributed by atoms with Gasteiger partial charge in [0.15, 0.2) is 6.61 Å². The highest BCUT2D eigenvalue weighted by Gasteiger charge is 2.13. The van der Waals surface area contributed by atoms with Crippen LogP contribution in [0.2, 0.25) is 0 Å². The van der Waals surface area contributed by atoms with Crippen LogP contribution in [0.25, 0.3) is 0 Å². The Morgan fingerprint density at radius 1 is 1.17 bits per heavy atom. The standard InChI is InChI=1S/C17H16N2O5/c1-11-6-7-15(12(2)8-11)17(21)24-10-16(20)18-13-4-3-5-14(9-13)19(22)23/h3-9H,10H2,1-2H3,(H,18,20). The summed E-state index contributed by atoms with van der Waals surface area (Å²) >= 11 is 0. The van der Waals surface area contributed by atoms with Gasteiger partial charge in [0.1, 0.15) is 0 Å². The molecule has 24 heavy (non-hydrogen) atoms. The summed E-state index contributed by atoms with van der Waals surface area (Å²) in [6, 6.07) is 10.8. The molecular formula is C17H16N2O5. The number of carbonyl (C=O) groups excluding carboxylic acids is 2. The Balaban J connectivity index is 1.94. The quantitative estimate of drug-likeness (QED) is 0.517. The molecule has 0 aromatic heterocycles. The molecular weight excluding hydrogens is 312 g/mol. The number of aryl methyl sites for hydroxylation is 2. The van der Waals surface area contributed by atoms with Crippen molar-refractivity contribution in [2.75, 3.05) is 11.9 Å². The first-order valence-electron chi connectivity index (χ1n) is 7.15. The van der Waals surface area contributed by atoms with E-state index >= 15 is 0 Å². The number of nitro benzene ring substituents is 1. The van der Waals surface area contributed by atoms with E-state index in [1.165, 1.54) is 24.3 Å². The van der Waals surface area contributed by atoms with E-state index < -0.39 is 23.4 Å². The Kier molecular flexibility index (Phi) is 5.26. The van der Waals surface area contributed by atoms with Crippen LogP contribution in [-0.2, 0) is 9.53 Å². The third kappa shape index (κ3) is 4.39. The van der Waals surface area contributed by atoms with Gasteiger partial charge >= 0.3 is 5.97 Å². The van der Waals surface area contributed by atoms with Crippen LogP contribution in [0.15, 0.2) is 42.5 Å². The first kappa shape index (κ1) is 17.1. The summed E-state index contributed by atoms with van der Waals surface area (Å²) in [4.78, 5) is 33.9. The minimum Gasteiger partial charge on any atom is -0.452 e. The Hall–Kier alpha value is -3.22. The molecule has 7 nitrogen and oxygen atoms in total. The molecule has 0 saturated carbocycles. The molecule has 1 N–H and O–H groups in total. The number of esters is 1. The molecule has 0 heterocycles. The maximum absolute atomic E-state index is 12.0. The van der Waals surface area contributed by atoms with Crippen molar-refractivity contribution >= 4 is 23.3 Å². The zero-order chi connectivity index (χ0) is 17.7. The second-order valence-electron chi connectivity index (χ2n) is 5.25. The first-order valence-corrected chi connectivity index (χ1v) is 7.15. The molecule has 0 spiro atoms. The molecule has 0 aliphatic heterocycles. The van der Waals surface area contributed by atoms with Crippen molar-refractivity contribution in [2.45, 2.75) is 13.8 Å². The molecule has 2 aromatic rings. The van der Waals surface area contributed by atoms with Gasteiger partial charge in [-0.1, -0.05) is 23.8 Å². The van der Waals surface area contributed by atoms with Crippen LogP contribution in [-0.4, -0.2) is 23.4 Å². The number of nitro groups is 1. The third-order valence-corrected chi connectivity index (χ3v) is 3.28. The van der Waals surface area contributed by atoms with Crippen LogP contribution >= 0.6 is 0 Å². The number of amides is 1. The fourth-order valence-corrected chi connectivity index (χ4v) is 2.15. The van der Waals surface area contributed by atoms with Crippen molar-refractivity contribution in [3.8, 4) is 0 Å². The number of benzene rings is 2. The van der Waals surface area contributed by atoms with Gasteiger partial charge < -0.3 is 10.1 Å². The van der Waals surface area contributed by atoms with Gasteiger partial charge in [-0.05, 0) is 31.5 Å². The van der Waals surface area contributed by atoms with E-state index in [1.54, 1.807) is 19.1 Å². The van der Waals surface area contributed by atoms with Crippen molar-refractivity contribution < 1.29 is 19.2 Å². The van der Waals surface area contributed by atoms with Crippen molar-refractivity contribution in [3.63, 3.8) is 0 Å². The highest BCUT2D eigenvalue weighted by atomic mass is 16.6. The fourth-order valence-electron chi connectivity index (χ4n) is 2.15. The van der Waals surface area contributed by atoms with E-state index in [2.05, 4.69) is 5.32 Å². The predicted octanol–water partition coefficient (Wildman–Crippen LogP) is 3.01. The van der Waals surface area contributed by atoms with Crippen LogP contribution in [0, 0.1) is 24.0 Å². The summed E-state index contributed by atoms with van der Waals surface area (Å²) in [6.45, 7) is 3.22. The van der Waals surface area contributed by atoms with Gasteiger partial charge in [0.2, 0.25) is 0 Å². The Morgan fingerprint density at radius 3 is 2.58 bits per heavy atom. The minimum atomic E-state index is -0.596. The van der Waals surface area contributed by atoms with Crippen LogP contribution in [0.4, 0.5) is 11.4 Å². The molecule has 7 heteroatoms. The van der Waals surface area contributed by atoms with Gasteiger partial charge in [-0.2, -0.15) is 0 Å². The monoisotopic (exact) mass is 328 g/mol. The van der Waals surface area contributed by atoms with Gasteiger partial charge in [0.25, 0.3) is 11.6 Å². The second-order valence-corrected chi connectivity index (χ2v) is 5.25. The zero-order valence-corrected chi connectivity index (χ0v) is 13.2. The lowest BCUT2D eigenvalue weighted by Gasteiger charge is -2.08. The number of nitrogens with one attached hydrogen (secondary N) is 1. The number of anilines is 1. The van der Waals surface area contributed by atoms with Crippen molar-refractivity contribution in [1.82, 2.24) is 0 Å². The van der Waals surface area contributed by atoms with Gasteiger partial charge in [-0.3, -0.25) is 14.9 Å². The first-order chi connectivity index (χ1) is 11.4. The third-order valence-electron chi connectivity index (χ3n) is 3.28. The molecule has 124 valence electrons. The number of nitrogens with zero attached hydrogens (tertiary/aromatic N) is 1. The number of non-ortho nitro benzene ring substituents is 1. The summed E-state index contributed by atoms with van der Waals surface area (Å²) in [5, 5.41) is 13.1. The average molecular weight is 328 g/mol. The Labute approximate surface area is 138 Å². The van der Waals surface area contributed by atoms with Gasteiger partial charge in [0, 0.05) is 17.8 Å². The molecule has 2 aromatic carbocycles. The predicted molar refractivity (Wildman–Crippen MR) is 87.9 cm³/mol. The number of hydrogen-bond acceptors (Lipinski definition) is 5. The lowest BCUT2D eigenvalue weighted by molar-refractivity contribution is -0.384. The summed E-state index contributed by atoms with van der Waals surface area (Å²) in [7, 11) is 0. The number of carbonyl (C=O) groups is 2. The molecule has 1 amide bonds. The van der Waals surface area contributed by atoms with E-state index in [1.807, 2.05) is 13.0 Å². The molecule has 0 radical (unpaired) electrons. The lowest BCUT2D eigenvalue weighted by atomic mass is 10.1. The highest BCUT2D eigenvalue weighted by Crippen LogP contribution is 2.17. The SMILES string of the molecule is Cc1ccc(C(=O)OCC(=O)Nc2cccc([N+](=O)[O-])c2)c(C)c1. The number of rotatable bonds is 5. The van der Waals surface area contributed by atoms with Crippen LogP contribution in [0.3, 0.4) is 0 Å². The normalized spacial score (nSPS) is 10.1. The van der Waals surface area contributed by atoms with Crippen LogP contribution in [0.1, 0.15) is 21.5 Å². The maximum Gasteiger partial charge on any atom is 0.338 e. The number of ether oxygens (including phenoxy) is 1. The van der Waals surface area contributed by atoms with E-state index in [9.17, 15) is 19.7 Å². The zero-order valence-electron chi connectivity index (χ0n) is 13.2. The Bertz CT molecular complexity index is 801. The second kappa shape index (κ2) is 7.36.